The number of hydrogen-bond donors (Lipinski definition) is 3. The SMILES string of the molecule is CCNC(=O)C(C)(C)CN=C(NCCc1ccco1)NC1CCc2ccccc2C1.I. The lowest BCUT2D eigenvalue weighted by Gasteiger charge is -2.28. The average Bonchev–Trinajstić information content (AvgIpc) is 3.25. The molecule has 0 spiro atoms. The normalized spacial score (nSPS) is 16.1. The third-order valence-electron chi connectivity index (χ3n) is 5.52. The van der Waals surface area contributed by atoms with E-state index in [2.05, 4.69) is 40.2 Å². The summed E-state index contributed by atoms with van der Waals surface area (Å²) < 4.78 is 5.42. The van der Waals surface area contributed by atoms with Gasteiger partial charge in [0.15, 0.2) is 5.96 Å². The summed E-state index contributed by atoms with van der Waals surface area (Å²) in [6.07, 6.45) is 5.58. The Hall–Kier alpha value is -2.03. The molecule has 3 rings (SSSR count). The van der Waals surface area contributed by atoms with E-state index >= 15 is 0 Å². The third-order valence-corrected chi connectivity index (χ3v) is 5.52. The second-order valence-electron chi connectivity index (χ2n) is 8.52. The van der Waals surface area contributed by atoms with Gasteiger partial charge in [0.05, 0.1) is 18.2 Å². The zero-order valence-electron chi connectivity index (χ0n) is 18.7. The smallest absolute Gasteiger partial charge is 0.227 e. The van der Waals surface area contributed by atoms with Crippen LogP contribution >= 0.6 is 24.0 Å². The van der Waals surface area contributed by atoms with Crippen molar-refractivity contribution in [2.45, 2.75) is 52.5 Å². The maximum Gasteiger partial charge on any atom is 0.227 e. The molecule has 0 aliphatic heterocycles. The van der Waals surface area contributed by atoms with Gasteiger partial charge in [-0.25, -0.2) is 0 Å². The van der Waals surface area contributed by atoms with E-state index in [4.69, 9.17) is 9.41 Å². The zero-order valence-corrected chi connectivity index (χ0v) is 21.1. The van der Waals surface area contributed by atoms with Crippen LogP contribution in [-0.2, 0) is 24.1 Å². The maximum atomic E-state index is 12.3. The van der Waals surface area contributed by atoms with Gasteiger partial charge in [-0.2, -0.15) is 0 Å². The summed E-state index contributed by atoms with van der Waals surface area (Å²) in [7, 11) is 0. The van der Waals surface area contributed by atoms with Crippen LogP contribution in [0.25, 0.3) is 0 Å². The molecule has 0 saturated heterocycles. The highest BCUT2D eigenvalue weighted by Crippen LogP contribution is 2.21. The van der Waals surface area contributed by atoms with Gasteiger partial charge in [0.1, 0.15) is 5.76 Å². The van der Waals surface area contributed by atoms with E-state index in [0.29, 0.717) is 25.7 Å². The minimum absolute atomic E-state index is 0. The number of aryl methyl sites for hydroxylation is 1. The number of amides is 1. The first kappa shape index (κ1) is 25.2. The first-order chi connectivity index (χ1) is 14.5. The third kappa shape index (κ3) is 7.55. The van der Waals surface area contributed by atoms with Gasteiger partial charge in [0.2, 0.25) is 5.91 Å². The van der Waals surface area contributed by atoms with E-state index in [1.165, 1.54) is 11.1 Å². The first-order valence-corrected chi connectivity index (χ1v) is 10.9. The Morgan fingerprint density at radius 1 is 1.16 bits per heavy atom. The minimum Gasteiger partial charge on any atom is -0.469 e. The monoisotopic (exact) mass is 538 g/mol. The van der Waals surface area contributed by atoms with Gasteiger partial charge in [-0.3, -0.25) is 9.79 Å². The second-order valence-corrected chi connectivity index (χ2v) is 8.52. The molecule has 2 aromatic rings. The summed E-state index contributed by atoms with van der Waals surface area (Å²) in [5.74, 6) is 1.72. The number of carbonyl (C=O) groups excluding carboxylic acids is 1. The predicted molar refractivity (Wildman–Crippen MR) is 136 cm³/mol. The summed E-state index contributed by atoms with van der Waals surface area (Å²) >= 11 is 0. The molecule has 0 fully saturated rings. The van der Waals surface area contributed by atoms with Crippen molar-refractivity contribution >= 4 is 35.8 Å². The van der Waals surface area contributed by atoms with Crippen LogP contribution in [0.3, 0.4) is 0 Å². The van der Waals surface area contributed by atoms with Gasteiger partial charge >= 0.3 is 0 Å². The van der Waals surface area contributed by atoms with Crippen LogP contribution < -0.4 is 16.0 Å². The molecule has 1 aliphatic rings. The highest BCUT2D eigenvalue weighted by molar-refractivity contribution is 14.0. The van der Waals surface area contributed by atoms with Gasteiger partial charge in [-0.1, -0.05) is 24.3 Å². The van der Waals surface area contributed by atoms with Crippen LogP contribution in [0.1, 0.15) is 44.1 Å². The molecule has 1 unspecified atom stereocenters. The van der Waals surface area contributed by atoms with Gasteiger partial charge in [-0.05, 0) is 63.3 Å². The molecule has 1 aromatic carbocycles. The minimum atomic E-state index is -0.565. The van der Waals surface area contributed by atoms with Crippen LogP contribution in [-0.4, -0.2) is 37.5 Å². The van der Waals surface area contributed by atoms with Crippen molar-refractivity contribution in [1.29, 1.82) is 0 Å². The number of rotatable bonds is 8. The van der Waals surface area contributed by atoms with E-state index < -0.39 is 5.41 Å². The number of benzene rings is 1. The summed E-state index contributed by atoms with van der Waals surface area (Å²) in [5.41, 5.74) is 2.28. The van der Waals surface area contributed by atoms with Crippen molar-refractivity contribution in [2.75, 3.05) is 19.6 Å². The van der Waals surface area contributed by atoms with E-state index in [0.717, 1.165) is 37.4 Å². The lowest BCUT2D eigenvalue weighted by atomic mass is 9.88. The molecule has 31 heavy (non-hydrogen) atoms. The quantitative estimate of drug-likeness (QED) is 0.272. The van der Waals surface area contributed by atoms with E-state index in [1.54, 1.807) is 6.26 Å². The van der Waals surface area contributed by atoms with Crippen molar-refractivity contribution in [1.82, 2.24) is 16.0 Å². The van der Waals surface area contributed by atoms with Gasteiger partial charge in [-0.15, -0.1) is 24.0 Å². The summed E-state index contributed by atoms with van der Waals surface area (Å²) in [6.45, 7) is 7.54. The van der Waals surface area contributed by atoms with E-state index in [-0.39, 0.29) is 29.9 Å². The first-order valence-electron chi connectivity index (χ1n) is 10.9. The Bertz CT molecular complexity index is 849. The van der Waals surface area contributed by atoms with Crippen LogP contribution in [0.2, 0.25) is 0 Å². The molecule has 0 saturated carbocycles. The number of furan rings is 1. The highest BCUT2D eigenvalue weighted by Gasteiger charge is 2.27. The summed E-state index contributed by atoms with van der Waals surface area (Å²) in [5, 5.41) is 9.92. The molecule has 1 atom stereocenters. The predicted octanol–water partition coefficient (Wildman–Crippen LogP) is 3.70. The molecular formula is C24H35IN4O2. The number of aliphatic imine (C=N–C) groups is 1. The zero-order chi connectivity index (χ0) is 21.4. The standard InChI is InChI=1S/C24H34N4O2.HI/c1-4-25-22(29)24(2,3)17-27-23(26-14-13-21-10-7-15-30-21)28-20-12-11-18-8-5-6-9-19(18)16-20;/h5-10,15,20H,4,11-14,16-17H2,1-3H3,(H,25,29)(H2,26,27,28);1H. The van der Waals surface area contributed by atoms with Crippen LogP contribution in [0, 0.1) is 5.41 Å². The molecule has 1 aromatic heterocycles. The number of hydrogen-bond acceptors (Lipinski definition) is 3. The molecule has 7 heteroatoms. The Morgan fingerprint density at radius 2 is 1.94 bits per heavy atom. The Balaban J connectivity index is 0.00000341. The lowest BCUT2D eigenvalue weighted by molar-refractivity contribution is -0.128. The molecule has 6 nitrogen and oxygen atoms in total. The Morgan fingerprint density at radius 3 is 2.65 bits per heavy atom. The fourth-order valence-corrected chi connectivity index (χ4v) is 3.67. The topological polar surface area (TPSA) is 78.7 Å². The fraction of sp³-hybridized carbons (Fsp3) is 0.500. The Kier molecular flexibility index (Phi) is 9.87. The summed E-state index contributed by atoms with van der Waals surface area (Å²) in [6, 6.07) is 12.8. The molecule has 1 amide bonds. The number of guanidine groups is 1. The highest BCUT2D eigenvalue weighted by atomic mass is 127. The number of fused-ring (bicyclic) bond motifs is 1. The van der Waals surface area contributed by atoms with E-state index in [9.17, 15) is 4.79 Å². The van der Waals surface area contributed by atoms with Crippen molar-refractivity contribution in [3.05, 3.63) is 59.5 Å². The molecular weight excluding hydrogens is 503 g/mol. The second kappa shape index (κ2) is 12.1. The Labute approximate surface area is 202 Å². The van der Waals surface area contributed by atoms with Gasteiger partial charge < -0.3 is 20.4 Å². The summed E-state index contributed by atoms with van der Waals surface area (Å²) in [4.78, 5) is 17.1. The molecule has 1 aliphatic carbocycles. The van der Waals surface area contributed by atoms with Crippen molar-refractivity contribution < 1.29 is 9.21 Å². The maximum absolute atomic E-state index is 12.3. The van der Waals surface area contributed by atoms with Crippen LogP contribution in [0.15, 0.2) is 52.1 Å². The van der Waals surface area contributed by atoms with Gasteiger partial charge in [0.25, 0.3) is 0 Å². The van der Waals surface area contributed by atoms with Crippen LogP contribution in [0.5, 0.6) is 0 Å². The average molecular weight is 538 g/mol. The molecule has 3 N–H and O–H groups in total. The number of nitrogens with zero attached hydrogens (tertiary/aromatic N) is 1. The molecule has 0 bridgehead atoms. The molecule has 170 valence electrons. The molecule has 1 heterocycles. The van der Waals surface area contributed by atoms with Crippen LogP contribution in [0.4, 0.5) is 0 Å². The van der Waals surface area contributed by atoms with Crippen molar-refractivity contribution in [3.8, 4) is 0 Å². The van der Waals surface area contributed by atoms with Crippen molar-refractivity contribution in [2.24, 2.45) is 10.4 Å². The number of carbonyl (C=O) groups is 1. The van der Waals surface area contributed by atoms with Crippen molar-refractivity contribution in [3.63, 3.8) is 0 Å². The number of halogens is 1. The molecule has 0 radical (unpaired) electrons. The number of nitrogens with one attached hydrogen (secondary N) is 3. The van der Waals surface area contributed by atoms with Gasteiger partial charge in [0, 0.05) is 25.6 Å². The fourth-order valence-electron chi connectivity index (χ4n) is 3.67. The van der Waals surface area contributed by atoms with E-state index in [1.807, 2.05) is 32.9 Å². The lowest BCUT2D eigenvalue weighted by Crippen LogP contribution is -2.47. The largest absolute Gasteiger partial charge is 0.469 e.